The molecule has 3 rings (SSSR count). The van der Waals surface area contributed by atoms with Crippen molar-refractivity contribution in [1.29, 1.82) is 0 Å². The lowest BCUT2D eigenvalue weighted by Gasteiger charge is -2.26. The van der Waals surface area contributed by atoms with Gasteiger partial charge >= 0.3 is 5.97 Å². The number of imide groups is 1. The minimum absolute atomic E-state index is 0.0233. The van der Waals surface area contributed by atoms with Gasteiger partial charge in [-0.25, -0.2) is 0 Å². The van der Waals surface area contributed by atoms with Crippen molar-refractivity contribution in [2.75, 3.05) is 0 Å². The van der Waals surface area contributed by atoms with Crippen molar-refractivity contribution in [3.8, 4) is 11.1 Å². The Balaban J connectivity index is 1.49. The number of carboxylic acid groups (broad SMARTS) is 1. The second-order valence-electron chi connectivity index (χ2n) is 7.75. The number of carbonyl (C=O) groups is 3. The van der Waals surface area contributed by atoms with Crippen LogP contribution in [-0.2, 0) is 9.59 Å². The van der Waals surface area contributed by atoms with E-state index >= 15 is 0 Å². The Morgan fingerprint density at radius 1 is 0.900 bits per heavy atom. The van der Waals surface area contributed by atoms with Crippen LogP contribution in [0, 0.1) is 0 Å². The monoisotopic (exact) mass is 408 g/mol. The van der Waals surface area contributed by atoms with Crippen molar-refractivity contribution in [2.24, 2.45) is 0 Å². The van der Waals surface area contributed by atoms with Crippen LogP contribution < -0.4 is 10.6 Å². The minimum atomic E-state index is -0.962. The number of nitrogens with one attached hydrogen (secondary N) is 2. The fourth-order valence-corrected chi connectivity index (χ4v) is 3.81. The summed E-state index contributed by atoms with van der Waals surface area (Å²) in [4.78, 5) is 36.0. The topological polar surface area (TPSA) is 95.5 Å². The number of hydrogen-bond donors (Lipinski definition) is 3. The molecule has 0 unspecified atom stereocenters. The van der Waals surface area contributed by atoms with Crippen LogP contribution in [-0.4, -0.2) is 35.0 Å². The van der Waals surface area contributed by atoms with Crippen molar-refractivity contribution in [1.82, 2.24) is 10.6 Å². The van der Waals surface area contributed by atoms with Crippen LogP contribution in [0.1, 0.15) is 55.3 Å². The van der Waals surface area contributed by atoms with Gasteiger partial charge in [0.2, 0.25) is 5.91 Å². The zero-order valence-electron chi connectivity index (χ0n) is 17.0. The Morgan fingerprint density at radius 3 is 2.17 bits per heavy atom. The lowest BCUT2D eigenvalue weighted by Crippen LogP contribution is -2.45. The lowest BCUT2D eigenvalue weighted by molar-refractivity contribution is -0.140. The summed E-state index contributed by atoms with van der Waals surface area (Å²) in [6, 6.07) is 16.2. The maximum absolute atomic E-state index is 12.3. The molecule has 6 nitrogen and oxygen atoms in total. The molecule has 0 aromatic heterocycles. The third-order valence-corrected chi connectivity index (χ3v) is 5.51. The molecular weight excluding hydrogens is 380 g/mol. The van der Waals surface area contributed by atoms with Crippen LogP contribution in [0.15, 0.2) is 54.6 Å². The highest BCUT2D eigenvalue weighted by atomic mass is 16.4. The first kappa shape index (κ1) is 21.7. The van der Waals surface area contributed by atoms with E-state index in [9.17, 15) is 19.5 Å². The molecule has 6 heteroatoms. The van der Waals surface area contributed by atoms with Crippen LogP contribution in [0.25, 0.3) is 11.1 Å². The fourth-order valence-electron chi connectivity index (χ4n) is 3.81. The molecule has 0 spiro atoms. The molecule has 0 heterocycles. The second-order valence-corrected chi connectivity index (χ2v) is 7.75. The highest BCUT2D eigenvalue weighted by molar-refractivity contribution is 6.04. The van der Waals surface area contributed by atoms with Crippen LogP contribution in [0.4, 0.5) is 0 Å². The fraction of sp³-hybridized carbons (Fsp3) is 0.375. The summed E-state index contributed by atoms with van der Waals surface area (Å²) in [7, 11) is 0. The summed E-state index contributed by atoms with van der Waals surface area (Å²) in [5.41, 5.74) is 2.42. The number of carbonyl (C=O) groups excluding carboxylic acids is 2. The summed E-state index contributed by atoms with van der Waals surface area (Å²) in [6.07, 6.45) is 5.44. The summed E-state index contributed by atoms with van der Waals surface area (Å²) >= 11 is 0. The molecule has 0 radical (unpaired) electrons. The quantitative estimate of drug-likeness (QED) is 0.618. The zero-order chi connectivity index (χ0) is 21.3. The SMILES string of the molecule is O=C(CC[C@H](NC1CCCCC1)C(=O)O)NC(=O)c1ccc(-c2ccccc2)cc1. The third kappa shape index (κ3) is 6.26. The lowest BCUT2D eigenvalue weighted by atomic mass is 9.94. The molecule has 1 aliphatic carbocycles. The first-order chi connectivity index (χ1) is 14.5. The molecule has 1 atom stereocenters. The maximum Gasteiger partial charge on any atom is 0.320 e. The molecule has 0 aliphatic heterocycles. The van der Waals surface area contributed by atoms with Gasteiger partial charge in [0.25, 0.3) is 5.91 Å². The smallest absolute Gasteiger partial charge is 0.320 e. The summed E-state index contributed by atoms with van der Waals surface area (Å²) in [5, 5.41) is 14.9. The van der Waals surface area contributed by atoms with Crippen LogP contribution in [0.2, 0.25) is 0 Å². The number of amides is 2. The van der Waals surface area contributed by atoms with Crippen LogP contribution >= 0.6 is 0 Å². The second kappa shape index (κ2) is 10.7. The zero-order valence-corrected chi connectivity index (χ0v) is 17.0. The van der Waals surface area contributed by atoms with Gasteiger partial charge < -0.3 is 10.4 Å². The Bertz CT molecular complexity index is 859. The van der Waals surface area contributed by atoms with Gasteiger partial charge in [0, 0.05) is 18.0 Å². The Labute approximate surface area is 176 Å². The molecule has 3 N–H and O–H groups in total. The van der Waals surface area contributed by atoms with Gasteiger partial charge in [-0.05, 0) is 42.5 Å². The Hall–Kier alpha value is -2.99. The molecule has 2 amide bonds. The van der Waals surface area contributed by atoms with Gasteiger partial charge in [0.1, 0.15) is 6.04 Å². The Kier molecular flexibility index (Phi) is 7.74. The summed E-state index contributed by atoms with van der Waals surface area (Å²) in [6.45, 7) is 0. The number of rotatable bonds is 8. The molecule has 0 bridgehead atoms. The van der Waals surface area contributed by atoms with Crippen molar-refractivity contribution in [2.45, 2.75) is 57.0 Å². The summed E-state index contributed by atoms with van der Waals surface area (Å²) < 4.78 is 0. The molecule has 2 aromatic carbocycles. The van der Waals surface area contributed by atoms with Gasteiger partial charge in [0.05, 0.1) is 0 Å². The number of carboxylic acids is 1. The highest BCUT2D eigenvalue weighted by Crippen LogP contribution is 2.20. The molecule has 1 saturated carbocycles. The Morgan fingerprint density at radius 2 is 1.53 bits per heavy atom. The van der Waals surface area contributed by atoms with E-state index in [0.29, 0.717) is 5.56 Å². The van der Waals surface area contributed by atoms with E-state index in [1.165, 1.54) is 6.42 Å². The van der Waals surface area contributed by atoms with Crippen molar-refractivity contribution >= 4 is 17.8 Å². The van der Waals surface area contributed by atoms with Gasteiger partial charge in [-0.2, -0.15) is 0 Å². The van der Waals surface area contributed by atoms with E-state index in [1.54, 1.807) is 12.1 Å². The first-order valence-electron chi connectivity index (χ1n) is 10.5. The highest BCUT2D eigenvalue weighted by Gasteiger charge is 2.24. The van der Waals surface area contributed by atoms with E-state index in [1.807, 2.05) is 42.5 Å². The molecule has 1 fully saturated rings. The molecule has 158 valence electrons. The normalized spacial score (nSPS) is 15.3. The van der Waals surface area contributed by atoms with E-state index < -0.39 is 23.8 Å². The molecule has 2 aromatic rings. The van der Waals surface area contributed by atoms with Gasteiger partial charge in [-0.15, -0.1) is 0 Å². The predicted octanol–water partition coefficient (Wildman–Crippen LogP) is 3.77. The van der Waals surface area contributed by atoms with Crippen LogP contribution in [0.5, 0.6) is 0 Å². The molecule has 30 heavy (non-hydrogen) atoms. The van der Waals surface area contributed by atoms with Gasteiger partial charge in [-0.1, -0.05) is 61.7 Å². The molecule has 1 aliphatic rings. The van der Waals surface area contributed by atoms with E-state index in [4.69, 9.17) is 0 Å². The maximum atomic E-state index is 12.3. The van der Waals surface area contributed by atoms with E-state index in [2.05, 4.69) is 10.6 Å². The van der Waals surface area contributed by atoms with Crippen LogP contribution in [0.3, 0.4) is 0 Å². The summed E-state index contributed by atoms with van der Waals surface area (Å²) in [5.74, 6) is -1.91. The third-order valence-electron chi connectivity index (χ3n) is 5.51. The minimum Gasteiger partial charge on any atom is -0.480 e. The van der Waals surface area contributed by atoms with E-state index in [0.717, 1.165) is 36.8 Å². The standard InChI is InChI=1S/C24H28N2O4/c27-22(16-15-21(24(29)30)25-20-9-5-2-6-10-20)26-23(28)19-13-11-18(12-14-19)17-7-3-1-4-8-17/h1,3-4,7-8,11-14,20-21,25H,2,5-6,9-10,15-16H2,(H,29,30)(H,26,27,28)/t21-/m0/s1. The first-order valence-corrected chi connectivity index (χ1v) is 10.5. The predicted molar refractivity (Wildman–Crippen MR) is 115 cm³/mol. The van der Waals surface area contributed by atoms with Crippen molar-refractivity contribution in [3.63, 3.8) is 0 Å². The number of aliphatic carboxylic acids is 1. The molecule has 0 saturated heterocycles. The average Bonchev–Trinajstić information content (AvgIpc) is 2.78. The number of benzene rings is 2. The largest absolute Gasteiger partial charge is 0.480 e. The number of hydrogen-bond acceptors (Lipinski definition) is 4. The average molecular weight is 408 g/mol. The van der Waals surface area contributed by atoms with Gasteiger partial charge in [0.15, 0.2) is 0 Å². The van der Waals surface area contributed by atoms with Crippen molar-refractivity contribution < 1.29 is 19.5 Å². The molecular formula is C24H28N2O4. The van der Waals surface area contributed by atoms with E-state index in [-0.39, 0.29) is 18.9 Å². The van der Waals surface area contributed by atoms with Gasteiger partial charge in [-0.3, -0.25) is 19.7 Å². The van der Waals surface area contributed by atoms with Crippen molar-refractivity contribution in [3.05, 3.63) is 60.2 Å².